The Hall–Kier alpha value is -0.185. The van der Waals surface area contributed by atoms with Crippen LogP contribution >= 0.6 is 0 Å². The zero-order valence-electron chi connectivity index (χ0n) is 5.15. The summed E-state index contributed by atoms with van der Waals surface area (Å²) in [4.78, 5) is 1.67. The molecule has 1 aliphatic heterocycles. The molecule has 0 saturated carbocycles. The molecule has 0 aromatic carbocycles. The fraction of sp³-hybridized carbons (Fsp3) is 1.00. The fourth-order valence-electron chi connectivity index (χ4n) is 0.986. The lowest BCUT2D eigenvalue weighted by Crippen LogP contribution is -2.49. The fourth-order valence-corrected chi connectivity index (χ4v) is 0.986. The van der Waals surface area contributed by atoms with Crippen LogP contribution in [0.15, 0.2) is 0 Å². The average Bonchev–Trinajstić information content (AvgIpc) is 1.55. The highest BCUT2D eigenvalue weighted by atomic mass is 19.4. The van der Waals surface area contributed by atoms with E-state index in [9.17, 15) is 12.9 Å². The average molecular weight is 138 g/mol. The maximum atomic E-state index is 11.7. The first-order chi connectivity index (χ1) is 4.00. The van der Waals surface area contributed by atoms with Gasteiger partial charge in [-0.05, 0) is 26.0 Å². The zero-order valence-corrected chi connectivity index (χ0v) is 5.15. The van der Waals surface area contributed by atoms with Gasteiger partial charge in [-0.25, -0.2) is 0 Å². The maximum Gasteiger partial charge on any atom is 0.483 e. The van der Waals surface area contributed by atoms with Crippen molar-refractivity contribution in [3.63, 3.8) is 0 Å². The summed E-state index contributed by atoms with van der Waals surface area (Å²) in [5, 5.41) is 0. The Morgan fingerprint density at radius 1 is 1.33 bits per heavy atom. The predicted molar refractivity (Wildman–Crippen MR) is 30.3 cm³/mol. The van der Waals surface area contributed by atoms with Gasteiger partial charge in [0.15, 0.2) is 0 Å². The first kappa shape index (κ1) is 6.93. The predicted octanol–water partition coefficient (Wildman–Crippen LogP) is 1.15. The third-order valence-electron chi connectivity index (χ3n) is 1.63. The number of rotatable bonds is 1. The molecule has 0 unspecified atom stereocenters. The van der Waals surface area contributed by atoms with E-state index in [4.69, 9.17) is 0 Å². The van der Waals surface area contributed by atoms with Gasteiger partial charge in [-0.3, -0.25) is 0 Å². The van der Waals surface area contributed by atoms with Gasteiger partial charge in [0.2, 0.25) is 0 Å². The van der Waals surface area contributed by atoms with Gasteiger partial charge >= 0.3 is 6.98 Å². The van der Waals surface area contributed by atoms with E-state index in [0.29, 0.717) is 0 Å². The Balaban J connectivity index is 2.32. The molecule has 54 valence electrons. The highest BCUT2D eigenvalue weighted by molar-refractivity contribution is 6.60. The third-order valence-corrected chi connectivity index (χ3v) is 1.63. The second-order valence-corrected chi connectivity index (χ2v) is 2.61. The molecule has 1 nitrogen and oxygen atoms in total. The van der Waals surface area contributed by atoms with Crippen LogP contribution in [0.25, 0.3) is 0 Å². The van der Waals surface area contributed by atoms with Crippen LogP contribution in [-0.2, 0) is 0 Å². The zero-order chi connectivity index (χ0) is 7.07. The highest BCUT2D eigenvalue weighted by Gasteiger charge is 2.40. The van der Waals surface area contributed by atoms with Crippen LogP contribution in [0.5, 0.6) is 0 Å². The minimum atomic E-state index is -4.55. The molecule has 1 heterocycles. The van der Waals surface area contributed by atoms with Crippen LogP contribution < -0.4 is 0 Å². The molecule has 0 aromatic rings. The molecule has 0 N–H and O–H groups in total. The summed E-state index contributed by atoms with van der Waals surface area (Å²) >= 11 is 0. The summed E-state index contributed by atoms with van der Waals surface area (Å²) in [7, 11) is 1.69. The Kier molecular flexibility index (Phi) is 1.46. The normalized spacial score (nSPS) is 24.0. The Bertz CT molecular complexity index is 107. The quantitative estimate of drug-likeness (QED) is 0.491. The van der Waals surface area contributed by atoms with Crippen molar-refractivity contribution in [1.29, 1.82) is 0 Å². The van der Waals surface area contributed by atoms with Gasteiger partial charge in [-0.2, -0.15) is 0 Å². The standard InChI is InChI=1S/C4H8BF3N/c1-9-2-4(3-9)5(6,7)8/h4H,2-3H2,1H3/q-1. The molecule has 5 heteroatoms. The van der Waals surface area contributed by atoms with Gasteiger partial charge in [-0.1, -0.05) is 0 Å². The van der Waals surface area contributed by atoms with Crippen molar-refractivity contribution in [2.45, 2.75) is 5.82 Å². The van der Waals surface area contributed by atoms with Crippen molar-refractivity contribution < 1.29 is 12.9 Å². The Morgan fingerprint density at radius 2 is 1.78 bits per heavy atom. The second kappa shape index (κ2) is 1.90. The van der Waals surface area contributed by atoms with Crippen molar-refractivity contribution in [3.8, 4) is 0 Å². The largest absolute Gasteiger partial charge is 0.483 e. The molecule has 0 amide bonds. The van der Waals surface area contributed by atoms with Crippen molar-refractivity contribution in [1.82, 2.24) is 4.90 Å². The first-order valence-corrected chi connectivity index (χ1v) is 2.88. The van der Waals surface area contributed by atoms with Crippen LogP contribution in [0.2, 0.25) is 5.82 Å². The molecule has 1 aliphatic rings. The molecule has 0 aliphatic carbocycles. The van der Waals surface area contributed by atoms with Gasteiger partial charge in [0, 0.05) is 0 Å². The van der Waals surface area contributed by atoms with E-state index in [2.05, 4.69) is 0 Å². The summed E-state index contributed by atoms with van der Waals surface area (Å²) in [6.45, 7) is -4.15. The minimum absolute atomic E-state index is 0.198. The molecule has 0 bridgehead atoms. The van der Waals surface area contributed by atoms with Gasteiger partial charge in [0.05, 0.1) is 0 Å². The first-order valence-electron chi connectivity index (χ1n) is 2.88. The molecule has 1 rings (SSSR count). The third kappa shape index (κ3) is 1.38. The number of hydrogen-bond acceptors (Lipinski definition) is 1. The van der Waals surface area contributed by atoms with Crippen LogP contribution in [0, 0.1) is 0 Å². The van der Waals surface area contributed by atoms with Gasteiger partial charge in [-0.15, -0.1) is 0 Å². The summed E-state index contributed by atoms with van der Waals surface area (Å²) in [6.07, 6.45) is 0. The number of halogens is 3. The molecule has 0 aromatic heterocycles. The van der Waals surface area contributed by atoms with Crippen LogP contribution in [0.3, 0.4) is 0 Å². The monoisotopic (exact) mass is 138 g/mol. The topological polar surface area (TPSA) is 3.24 Å². The molecule has 0 radical (unpaired) electrons. The Labute approximate surface area is 51.9 Å². The van der Waals surface area contributed by atoms with Gasteiger partial charge in [0.25, 0.3) is 0 Å². The van der Waals surface area contributed by atoms with E-state index in [1.165, 1.54) is 0 Å². The van der Waals surface area contributed by atoms with Crippen LogP contribution in [-0.4, -0.2) is 32.0 Å². The number of hydrogen-bond donors (Lipinski definition) is 0. The second-order valence-electron chi connectivity index (χ2n) is 2.61. The molecule has 1 saturated heterocycles. The van der Waals surface area contributed by atoms with E-state index < -0.39 is 12.8 Å². The molecule has 0 atom stereocenters. The summed E-state index contributed by atoms with van der Waals surface area (Å²) in [5.41, 5.74) is 0. The van der Waals surface area contributed by atoms with Crippen molar-refractivity contribution >= 4 is 6.98 Å². The lowest BCUT2D eigenvalue weighted by atomic mass is 9.68. The summed E-state index contributed by atoms with van der Waals surface area (Å²) in [6, 6.07) is 0. The van der Waals surface area contributed by atoms with Crippen molar-refractivity contribution in [2.24, 2.45) is 0 Å². The maximum absolute atomic E-state index is 11.7. The van der Waals surface area contributed by atoms with E-state index in [0.717, 1.165) is 0 Å². The van der Waals surface area contributed by atoms with E-state index in [1.807, 2.05) is 0 Å². The molecule has 9 heavy (non-hydrogen) atoms. The summed E-state index contributed by atoms with van der Waals surface area (Å²) in [5.74, 6) is -1.00. The lowest BCUT2D eigenvalue weighted by Gasteiger charge is -2.42. The SMILES string of the molecule is CN1CC([B-](F)(F)F)C1. The van der Waals surface area contributed by atoms with Gasteiger partial charge < -0.3 is 17.8 Å². The molecular formula is C4H8BF3N-. The van der Waals surface area contributed by atoms with E-state index >= 15 is 0 Å². The molecular weight excluding hydrogens is 130 g/mol. The van der Waals surface area contributed by atoms with E-state index in [-0.39, 0.29) is 13.1 Å². The lowest BCUT2D eigenvalue weighted by molar-refractivity contribution is 0.193. The van der Waals surface area contributed by atoms with Gasteiger partial charge in [0.1, 0.15) is 0 Å². The minimum Gasteiger partial charge on any atom is -0.449 e. The van der Waals surface area contributed by atoms with Crippen LogP contribution in [0.1, 0.15) is 0 Å². The van der Waals surface area contributed by atoms with Crippen molar-refractivity contribution in [2.75, 3.05) is 20.1 Å². The molecule has 0 spiro atoms. The van der Waals surface area contributed by atoms with Crippen molar-refractivity contribution in [3.05, 3.63) is 0 Å². The van der Waals surface area contributed by atoms with Crippen LogP contribution in [0.4, 0.5) is 12.9 Å². The summed E-state index contributed by atoms with van der Waals surface area (Å²) < 4.78 is 35.1. The number of nitrogens with zero attached hydrogens (tertiary/aromatic N) is 1. The Morgan fingerprint density at radius 3 is 1.89 bits per heavy atom. The van der Waals surface area contributed by atoms with E-state index in [1.54, 1.807) is 11.9 Å². The molecule has 1 fully saturated rings. The highest BCUT2D eigenvalue weighted by Crippen LogP contribution is 2.33. The number of likely N-dealkylation sites (tertiary alicyclic amines) is 1. The smallest absolute Gasteiger partial charge is 0.449 e.